The van der Waals surface area contributed by atoms with Crippen molar-refractivity contribution in [1.82, 2.24) is 20.1 Å². The van der Waals surface area contributed by atoms with Crippen molar-refractivity contribution in [1.29, 1.82) is 5.41 Å². The fourth-order valence-corrected chi connectivity index (χ4v) is 5.81. The molecular formula is C30H39N7O3. The topological polar surface area (TPSA) is 134 Å². The predicted molar refractivity (Wildman–Crippen MR) is 156 cm³/mol. The molecule has 3 aliphatic rings. The Kier molecular flexibility index (Phi) is 7.41. The van der Waals surface area contributed by atoms with E-state index in [0.717, 1.165) is 47.7 Å². The number of fused-ring (bicyclic) bond motifs is 2. The van der Waals surface area contributed by atoms with Gasteiger partial charge in [0.05, 0.1) is 30.3 Å². The number of methoxy groups -OCH3 is 1. The van der Waals surface area contributed by atoms with Crippen LogP contribution >= 0.6 is 0 Å². The molecule has 212 valence electrons. The zero-order valence-corrected chi connectivity index (χ0v) is 24.2. The molecule has 2 aromatic heterocycles. The normalized spacial score (nSPS) is 18.8. The molecule has 10 heteroatoms. The minimum Gasteiger partial charge on any atom is -0.493 e. The summed E-state index contributed by atoms with van der Waals surface area (Å²) in [5, 5.41) is 27.4. The summed E-state index contributed by atoms with van der Waals surface area (Å²) in [6.07, 6.45) is 4.62. The summed E-state index contributed by atoms with van der Waals surface area (Å²) < 4.78 is 11.7. The van der Waals surface area contributed by atoms with Gasteiger partial charge in [-0.25, -0.2) is 4.98 Å². The summed E-state index contributed by atoms with van der Waals surface area (Å²) in [4.78, 5) is 9.53. The summed E-state index contributed by atoms with van der Waals surface area (Å²) in [5.41, 5.74) is 11.4. The van der Waals surface area contributed by atoms with Gasteiger partial charge in [0.15, 0.2) is 11.5 Å². The molecule has 3 aliphatic heterocycles. The molecule has 0 radical (unpaired) electrons. The minimum atomic E-state index is -0.697. The number of aryl methyl sites for hydroxylation is 3. The maximum absolute atomic E-state index is 10.3. The lowest BCUT2D eigenvalue weighted by Gasteiger charge is -2.58. The molecule has 0 aliphatic carbocycles. The number of nitrogens with two attached hydrogens (primary N) is 1. The molecular weight excluding hydrogens is 506 g/mol. The maximum atomic E-state index is 10.3. The van der Waals surface area contributed by atoms with Gasteiger partial charge in [-0.2, -0.15) is 10.2 Å². The van der Waals surface area contributed by atoms with Crippen molar-refractivity contribution in [3.63, 3.8) is 0 Å². The zero-order valence-electron chi connectivity index (χ0n) is 24.2. The first-order chi connectivity index (χ1) is 18.9. The highest BCUT2D eigenvalue weighted by Crippen LogP contribution is 2.37. The minimum absolute atomic E-state index is 0.267. The number of nitrogen functional groups attached to an aromatic ring is 1. The van der Waals surface area contributed by atoms with E-state index in [2.05, 4.69) is 20.0 Å². The van der Waals surface area contributed by atoms with Crippen LogP contribution in [0.5, 0.6) is 11.5 Å². The van der Waals surface area contributed by atoms with E-state index < -0.39 is 5.60 Å². The van der Waals surface area contributed by atoms with Crippen LogP contribution in [-0.4, -0.2) is 75.3 Å². The van der Waals surface area contributed by atoms with Crippen LogP contribution in [0, 0.1) is 26.2 Å². The van der Waals surface area contributed by atoms with Gasteiger partial charge in [-0.3, -0.25) is 10.3 Å². The molecule has 0 amide bonds. The number of hydrogen-bond donors (Lipinski definition) is 3. The lowest BCUT2D eigenvalue weighted by atomic mass is 9.85. The molecule has 3 saturated heterocycles. The summed E-state index contributed by atoms with van der Waals surface area (Å²) >= 11 is 0. The Balaban J connectivity index is 1.34. The van der Waals surface area contributed by atoms with Crippen molar-refractivity contribution in [2.24, 2.45) is 0 Å². The van der Waals surface area contributed by atoms with Crippen LogP contribution in [0.2, 0.25) is 0 Å². The highest BCUT2D eigenvalue weighted by atomic mass is 16.5. The number of ether oxygens (including phenoxy) is 2. The molecule has 2 unspecified atom stereocenters. The van der Waals surface area contributed by atoms with Gasteiger partial charge in [0.1, 0.15) is 12.4 Å². The second kappa shape index (κ2) is 10.7. The van der Waals surface area contributed by atoms with Gasteiger partial charge >= 0.3 is 0 Å². The molecule has 0 spiro atoms. The molecule has 0 saturated carbocycles. The number of hydrogen-bond acceptors (Lipinski definition) is 10. The number of rotatable bonds is 9. The Morgan fingerprint density at radius 3 is 2.45 bits per heavy atom. The molecule has 4 N–H and O–H groups in total. The summed E-state index contributed by atoms with van der Waals surface area (Å²) in [5.74, 6) is 1.94. The van der Waals surface area contributed by atoms with E-state index in [1.807, 2.05) is 40.7 Å². The number of aliphatic hydroxyl groups is 1. The highest BCUT2D eigenvalue weighted by molar-refractivity contribution is 6.14. The third-order valence-corrected chi connectivity index (χ3v) is 7.90. The summed E-state index contributed by atoms with van der Waals surface area (Å²) in [7, 11) is 1.57. The van der Waals surface area contributed by atoms with Gasteiger partial charge in [-0.1, -0.05) is 0 Å². The van der Waals surface area contributed by atoms with Crippen LogP contribution in [0.1, 0.15) is 53.8 Å². The third-order valence-electron chi connectivity index (χ3n) is 7.90. The number of piperidine rings is 1. The van der Waals surface area contributed by atoms with E-state index >= 15 is 0 Å². The molecule has 3 fully saturated rings. The van der Waals surface area contributed by atoms with Gasteiger partial charge in [0.25, 0.3) is 0 Å². The van der Waals surface area contributed by atoms with Crippen molar-refractivity contribution >= 4 is 17.2 Å². The SMILES string of the molecule is COc1cc(N)c(C(=N)c2cnc(N3CC4CC(C3)N4CC(C)(C)O)c(C)c2)cc1OCc1c(C)cnnc1C. The first kappa shape index (κ1) is 27.8. The summed E-state index contributed by atoms with van der Waals surface area (Å²) in [6, 6.07) is 6.31. The van der Waals surface area contributed by atoms with Crippen LogP contribution < -0.4 is 20.1 Å². The van der Waals surface area contributed by atoms with E-state index in [4.69, 9.17) is 25.6 Å². The third kappa shape index (κ3) is 5.46. The van der Waals surface area contributed by atoms with E-state index in [-0.39, 0.29) is 5.71 Å². The lowest BCUT2D eigenvalue weighted by Crippen LogP contribution is -2.70. The fraction of sp³-hybridized carbons (Fsp3) is 0.467. The number of pyridine rings is 1. The van der Waals surface area contributed by atoms with Crippen molar-refractivity contribution in [2.75, 3.05) is 37.4 Å². The fourth-order valence-electron chi connectivity index (χ4n) is 5.81. The number of nitrogens with one attached hydrogen (secondary N) is 1. The molecule has 5 heterocycles. The van der Waals surface area contributed by atoms with Gasteiger partial charge in [0, 0.05) is 66.4 Å². The number of piperazine rings is 1. The van der Waals surface area contributed by atoms with E-state index in [1.165, 1.54) is 0 Å². The smallest absolute Gasteiger partial charge is 0.162 e. The van der Waals surface area contributed by atoms with E-state index in [1.54, 1.807) is 31.6 Å². The Morgan fingerprint density at radius 2 is 1.82 bits per heavy atom. The second-order valence-corrected chi connectivity index (χ2v) is 11.6. The first-order valence-corrected chi connectivity index (χ1v) is 13.6. The standard InChI is InChI=1S/C30H39N7O3/c1-17-7-20(12-33-29(17)36-13-21-8-22(14-36)37(21)16-30(4,5)38)28(32)23-9-27(26(39-6)10-25(23)31)40-15-24-18(2)11-34-35-19(24)3/h7,9-12,21-22,32,38H,8,13-16,31H2,1-6H3. The van der Waals surface area contributed by atoms with Crippen molar-refractivity contribution in [3.05, 3.63) is 64.1 Å². The molecule has 2 bridgehead atoms. The average Bonchev–Trinajstić information content (AvgIpc) is 2.91. The van der Waals surface area contributed by atoms with Crippen molar-refractivity contribution < 1.29 is 14.6 Å². The van der Waals surface area contributed by atoms with Crippen molar-refractivity contribution in [2.45, 2.75) is 65.3 Å². The molecule has 2 atom stereocenters. The Labute approximate surface area is 235 Å². The second-order valence-electron chi connectivity index (χ2n) is 11.6. The predicted octanol–water partition coefficient (Wildman–Crippen LogP) is 3.42. The Bertz CT molecular complexity index is 1400. The Morgan fingerprint density at radius 1 is 1.10 bits per heavy atom. The summed E-state index contributed by atoms with van der Waals surface area (Å²) in [6.45, 7) is 12.4. The van der Waals surface area contributed by atoms with Crippen LogP contribution in [0.4, 0.5) is 11.5 Å². The van der Waals surface area contributed by atoms with Crippen LogP contribution in [-0.2, 0) is 6.61 Å². The van der Waals surface area contributed by atoms with Crippen LogP contribution in [0.15, 0.2) is 30.6 Å². The molecule has 6 rings (SSSR count). The Hall–Kier alpha value is -3.76. The van der Waals surface area contributed by atoms with Gasteiger partial charge in [-0.05, 0) is 64.3 Å². The van der Waals surface area contributed by atoms with Crippen molar-refractivity contribution in [3.8, 4) is 11.5 Å². The molecule has 10 nitrogen and oxygen atoms in total. The number of aromatic nitrogens is 3. The largest absolute Gasteiger partial charge is 0.493 e. The van der Waals surface area contributed by atoms with Crippen LogP contribution in [0.3, 0.4) is 0 Å². The molecule has 40 heavy (non-hydrogen) atoms. The number of anilines is 2. The van der Waals surface area contributed by atoms with Gasteiger partial charge in [-0.15, -0.1) is 0 Å². The van der Waals surface area contributed by atoms with Gasteiger partial charge < -0.3 is 25.2 Å². The average molecular weight is 546 g/mol. The monoisotopic (exact) mass is 545 g/mol. The van der Waals surface area contributed by atoms with Crippen LogP contribution in [0.25, 0.3) is 0 Å². The van der Waals surface area contributed by atoms with E-state index in [9.17, 15) is 5.11 Å². The zero-order chi connectivity index (χ0) is 28.8. The number of nitrogens with zero attached hydrogens (tertiary/aromatic N) is 5. The molecule has 1 aromatic carbocycles. The first-order valence-electron chi connectivity index (χ1n) is 13.6. The maximum Gasteiger partial charge on any atom is 0.162 e. The lowest BCUT2D eigenvalue weighted by molar-refractivity contribution is -0.0618. The highest BCUT2D eigenvalue weighted by Gasteiger charge is 2.46. The van der Waals surface area contributed by atoms with Gasteiger partial charge in [0.2, 0.25) is 0 Å². The number of benzene rings is 1. The van der Waals surface area contributed by atoms with E-state index in [0.29, 0.717) is 53.5 Å². The quantitative estimate of drug-likeness (QED) is 0.273. The molecule has 3 aromatic rings.